The number of nitrogens with one attached hydrogen (secondary N) is 1. The first-order valence-electron chi connectivity index (χ1n) is 10.5. The van der Waals surface area contributed by atoms with Gasteiger partial charge in [-0.1, -0.05) is 40.2 Å². The highest BCUT2D eigenvalue weighted by Crippen LogP contribution is 2.33. The number of hydrogen-bond acceptors (Lipinski definition) is 7. The average molecular weight is 448 g/mol. The minimum absolute atomic E-state index is 0. The van der Waals surface area contributed by atoms with Crippen molar-refractivity contribution in [3.8, 4) is 0 Å². The summed E-state index contributed by atoms with van der Waals surface area (Å²) in [4.78, 5) is 23.9. The fourth-order valence-corrected chi connectivity index (χ4v) is 4.75. The minimum Gasteiger partial charge on any atom is -0.384 e. The quantitative estimate of drug-likeness (QED) is 0.721. The number of amides is 1. The van der Waals surface area contributed by atoms with Crippen LogP contribution in [0.15, 0.2) is 35.4 Å². The van der Waals surface area contributed by atoms with Crippen molar-refractivity contribution in [2.24, 2.45) is 5.92 Å². The molecule has 8 nitrogen and oxygen atoms in total. The summed E-state index contributed by atoms with van der Waals surface area (Å²) in [6.07, 6.45) is 2.04. The second-order valence-electron chi connectivity index (χ2n) is 9.16. The number of aromatic nitrogens is 2. The summed E-state index contributed by atoms with van der Waals surface area (Å²) in [6, 6.07) is 7.89. The molecule has 1 amide bonds. The van der Waals surface area contributed by atoms with Crippen LogP contribution in [0.25, 0.3) is 0 Å². The molecular weight excluding hydrogens is 414 g/mol. The van der Waals surface area contributed by atoms with Crippen LogP contribution >= 0.6 is 0 Å². The van der Waals surface area contributed by atoms with Gasteiger partial charge in [0, 0.05) is 25.1 Å². The van der Waals surface area contributed by atoms with Gasteiger partial charge in [0.1, 0.15) is 11.6 Å². The number of nitrogen functional groups attached to an aromatic ring is 1. The van der Waals surface area contributed by atoms with Crippen molar-refractivity contribution in [3.05, 3.63) is 41.6 Å². The maximum Gasteiger partial charge on any atom is 0.281 e. The molecule has 0 aromatic carbocycles. The first-order valence-corrected chi connectivity index (χ1v) is 12.0. The van der Waals surface area contributed by atoms with Crippen LogP contribution in [-0.2, 0) is 15.4 Å². The fraction of sp³-hybridized carbons (Fsp3) is 0.500. The van der Waals surface area contributed by atoms with Crippen LogP contribution in [0.2, 0.25) is 0 Å². The summed E-state index contributed by atoms with van der Waals surface area (Å²) in [5.74, 6) is 0.346. The van der Waals surface area contributed by atoms with Crippen LogP contribution in [0.5, 0.6) is 0 Å². The van der Waals surface area contributed by atoms with Crippen LogP contribution in [0.3, 0.4) is 0 Å². The lowest BCUT2D eigenvalue weighted by Gasteiger charge is -2.27. The molecular formula is C22H33N5O3S. The number of carbonyl (C=O) groups is 1. The van der Waals surface area contributed by atoms with Crippen LogP contribution < -0.4 is 15.4 Å². The number of rotatable bonds is 5. The number of nitrogens with zero attached hydrogens (tertiary/aromatic N) is 3. The van der Waals surface area contributed by atoms with Gasteiger partial charge in [0.2, 0.25) is 0 Å². The molecule has 0 aliphatic carbocycles. The molecule has 1 fully saturated rings. The van der Waals surface area contributed by atoms with Gasteiger partial charge in [0.05, 0.1) is 5.56 Å². The summed E-state index contributed by atoms with van der Waals surface area (Å²) >= 11 is 0. The first-order chi connectivity index (χ1) is 14.4. The molecule has 31 heavy (non-hydrogen) atoms. The number of carbonyl (C=O) groups excluding carboxylic acids is 1. The Bertz CT molecular complexity index is 1090. The van der Waals surface area contributed by atoms with E-state index in [9.17, 15) is 13.2 Å². The Morgan fingerprint density at radius 2 is 1.97 bits per heavy atom. The highest BCUT2D eigenvalue weighted by molar-refractivity contribution is 7.90. The molecule has 2 aromatic heterocycles. The van der Waals surface area contributed by atoms with Crippen molar-refractivity contribution >= 4 is 27.6 Å². The van der Waals surface area contributed by atoms with E-state index in [0.717, 1.165) is 25.1 Å². The molecule has 1 aliphatic heterocycles. The van der Waals surface area contributed by atoms with E-state index >= 15 is 0 Å². The van der Waals surface area contributed by atoms with Crippen molar-refractivity contribution in [1.29, 1.82) is 0 Å². The standard InChI is InChI=1S/C22H31N5O3S.H2/c1-6-15-12-14(2)27(13-15)20-16(10-11-17(24-20)22(3,4)5)21(28)26-31(29,30)19-9-7-8-18(23)25-19;/h7-11,14-15H,6,12-13H2,1-5H3,(H2,23,25)(H,26,28);1H/t14?,15-;/m0./s1. The molecule has 0 saturated carbocycles. The number of pyridine rings is 2. The van der Waals surface area contributed by atoms with E-state index in [1.165, 1.54) is 18.2 Å². The van der Waals surface area contributed by atoms with Gasteiger partial charge in [-0.3, -0.25) is 4.79 Å². The monoisotopic (exact) mass is 447 g/mol. The van der Waals surface area contributed by atoms with E-state index in [4.69, 9.17) is 10.7 Å². The topological polar surface area (TPSA) is 118 Å². The van der Waals surface area contributed by atoms with Crippen molar-refractivity contribution in [1.82, 2.24) is 14.7 Å². The summed E-state index contributed by atoms with van der Waals surface area (Å²) in [7, 11) is -4.17. The molecule has 3 N–H and O–H groups in total. The number of hydrogen-bond donors (Lipinski definition) is 2. The molecule has 3 heterocycles. The maximum absolute atomic E-state index is 13.1. The van der Waals surface area contributed by atoms with E-state index in [0.29, 0.717) is 11.7 Å². The van der Waals surface area contributed by atoms with Crippen molar-refractivity contribution < 1.29 is 14.6 Å². The predicted molar refractivity (Wildman–Crippen MR) is 124 cm³/mol. The SMILES string of the molecule is CC[C@H]1CC(C)N(c2nc(C(C)(C)C)ccc2C(=O)NS(=O)(=O)c2cccc(N)n2)C1.[HH]. The normalized spacial score (nSPS) is 19.5. The molecule has 2 aromatic rings. The lowest BCUT2D eigenvalue weighted by Crippen LogP contribution is -2.35. The van der Waals surface area contributed by atoms with E-state index in [2.05, 4.69) is 49.2 Å². The zero-order valence-electron chi connectivity index (χ0n) is 18.7. The Hall–Kier alpha value is -2.68. The third kappa shape index (κ3) is 4.98. The Kier molecular flexibility index (Phi) is 6.27. The molecule has 1 unspecified atom stereocenters. The third-order valence-corrected chi connectivity index (χ3v) is 6.88. The molecule has 0 spiro atoms. The van der Waals surface area contributed by atoms with Gasteiger partial charge in [0.25, 0.3) is 15.9 Å². The summed E-state index contributed by atoms with van der Waals surface area (Å²) in [6.45, 7) is 11.2. The molecule has 1 saturated heterocycles. The van der Waals surface area contributed by atoms with E-state index in [1.807, 2.05) is 0 Å². The number of nitrogens with two attached hydrogens (primary N) is 1. The van der Waals surface area contributed by atoms with Crippen molar-refractivity contribution in [3.63, 3.8) is 0 Å². The van der Waals surface area contributed by atoms with Gasteiger partial charge < -0.3 is 10.6 Å². The lowest BCUT2D eigenvalue weighted by atomic mass is 9.91. The molecule has 0 bridgehead atoms. The van der Waals surface area contributed by atoms with Crippen LogP contribution in [0.4, 0.5) is 11.6 Å². The fourth-order valence-electron chi connectivity index (χ4n) is 3.81. The number of anilines is 2. The molecule has 2 atom stereocenters. The van der Waals surface area contributed by atoms with Crippen molar-refractivity contribution in [2.45, 2.75) is 63.9 Å². The van der Waals surface area contributed by atoms with Gasteiger partial charge in [-0.15, -0.1) is 0 Å². The molecule has 9 heteroatoms. The Morgan fingerprint density at radius 3 is 2.55 bits per heavy atom. The third-order valence-electron chi connectivity index (χ3n) is 5.65. The summed E-state index contributed by atoms with van der Waals surface area (Å²) < 4.78 is 27.5. The van der Waals surface area contributed by atoms with Gasteiger partial charge in [-0.05, 0) is 43.5 Å². The Morgan fingerprint density at radius 1 is 1.26 bits per heavy atom. The summed E-state index contributed by atoms with van der Waals surface area (Å²) in [5.41, 5.74) is 6.45. The predicted octanol–water partition coefficient (Wildman–Crippen LogP) is 3.35. The van der Waals surface area contributed by atoms with Crippen LogP contribution in [0.1, 0.15) is 64.9 Å². The smallest absolute Gasteiger partial charge is 0.281 e. The zero-order chi connectivity index (χ0) is 23.0. The summed E-state index contributed by atoms with van der Waals surface area (Å²) in [5, 5.41) is -0.303. The lowest BCUT2D eigenvalue weighted by molar-refractivity contribution is 0.0981. The maximum atomic E-state index is 13.1. The highest BCUT2D eigenvalue weighted by atomic mass is 32.2. The van der Waals surface area contributed by atoms with Gasteiger partial charge in [-0.2, -0.15) is 8.42 Å². The molecule has 170 valence electrons. The Balaban J connectivity index is 0.00000363. The zero-order valence-corrected chi connectivity index (χ0v) is 19.5. The van der Waals surface area contributed by atoms with E-state index < -0.39 is 15.9 Å². The van der Waals surface area contributed by atoms with Crippen LogP contribution in [0, 0.1) is 5.92 Å². The minimum atomic E-state index is -4.17. The largest absolute Gasteiger partial charge is 0.384 e. The van der Waals surface area contributed by atoms with Crippen LogP contribution in [-0.4, -0.2) is 36.9 Å². The first kappa shape index (κ1) is 23.0. The highest BCUT2D eigenvalue weighted by Gasteiger charge is 2.33. The second kappa shape index (κ2) is 8.45. The van der Waals surface area contributed by atoms with Gasteiger partial charge in [0.15, 0.2) is 5.03 Å². The molecule has 0 radical (unpaired) electrons. The molecule has 1 aliphatic rings. The number of sulfonamides is 1. The second-order valence-corrected chi connectivity index (χ2v) is 10.8. The molecule has 3 rings (SSSR count). The van der Waals surface area contributed by atoms with Gasteiger partial charge in [-0.25, -0.2) is 14.7 Å². The Labute approximate surface area is 185 Å². The average Bonchev–Trinajstić information content (AvgIpc) is 3.07. The van der Waals surface area contributed by atoms with E-state index in [1.54, 1.807) is 12.1 Å². The van der Waals surface area contributed by atoms with E-state index in [-0.39, 0.29) is 29.3 Å². The van der Waals surface area contributed by atoms with Gasteiger partial charge >= 0.3 is 0 Å². The van der Waals surface area contributed by atoms with Crippen molar-refractivity contribution in [2.75, 3.05) is 17.2 Å².